The van der Waals surface area contributed by atoms with Crippen LogP contribution in [0.2, 0.25) is 0 Å². The molecule has 1 aliphatic heterocycles. The van der Waals surface area contributed by atoms with Crippen molar-refractivity contribution in [2.75, 3.05) is 13.1 Å². The zero-order valence-corrected chi connectivity index (χ0v) is 19.6. The van der Waals surface area contributed by atoms with Gasteiger partial charge >= 0.3 is 0 Å². The fraction of sp³-hybridized carbons (Fsp3) is 0.429. The molecule has 1 aromatic heterocycles. The highest BCUT2D eigenvalue weighted by Crippen LogP contribution is 2.30. The summed E-state index contributed by atoms with van der Waals surface area (Å²) in [6.45, 7) is 6.53. The van der Waals surface area contributed by atoms with Gasteiger partial charge in [-0.2, -0.15) is 0 Å². The molecule has 2 aliphatic rings. The van der Waals surface area contributed by atoms with E-state index in [9.17, 15) is 4.79 Å². The first-order valence-corrected chi connectivity index (χ1v) is 12.2. The number of nitrogens with zero attached hydrogens (tertiary/aromatic N) is 2. The van der Waals surface area contributed by atoms with Crippen LogP contribution in [0.4, 0.5) is 0 Å². The molecule has 1 amide bonds. The number of hydrogen-bond donors (Lipinski definition) is 1. The number of hydrogen-bond acceptors (Lipinski definition) is 4. The van der Waals surface area contributed by atoms with Crippen molar-refractivity contribution in [3.8, 4) is 11.5 Å². The van der Waals surface area contributed by atoms with Gasteiger partial charge in [0, 0.05) is 18.7 Å². The van der Waals surface area contributed by atoms with E-state index in [1.165, 1.54) is 16.7 Å². The first kappa shape index (κ1) is 21.9. The molecule has 0 spiro atoms. The van der Waals surface area contributed by atoms with E-state index in [1.807, 2.05) is 19.1 Å². The summed E-state index contributed by atoms with van der Waals surface area (Å²) >= 11 is 0. The van der Waals surface area contributed by atoms with Crippen LogP contribution >= 0.6 is 0 Å². The third kappa shape index (κ3) is 4.88. The topological polar surface area (TPSA) is 58.4 Å². The average Bonchev–Trinajstić information content (AvgIpc) is 3.19. The molecule has 1 aliphatic carbocycles. The minimum absolute atomic E-state index is 0.0243. The molecule has 1 fully saturated rings. The van der Waals surface area contributed by atoms with Crippen molar-refractivity contribution in [3.63, 3.8) is 0 Å². The summed E-state index contributed by atoms with van der Waals surface area (Å²) in [5, 5.41) is 3.37. The summed E-state index contributed by atoms with van der Waals surface area (Å²) in [5.41, 5.74) is 5.84. The molecule has 172 valence electrons. The molecule has 5 rings (SSSR count). The van der Waals surface area contributed by atoms with Crippen LogP contribution in [0.25, 0.3) is 11.5 Å². The van der Waals surface area contributed by atoms with Gasteiger partial charge in [-0.25, -0.2) is 4.98 Å². The number of fused-ring (bicyclic) bond motifs is 1. The number of nitrogens with one attached hydrogen (secondary N) is 1. The van der Waals surface area contributed by atoms with E-state index < -0.39 is 0 Å². The Bertz CT molecular complexity index is 1140. The lowest BCUT2D eigenvalue weighted by Gasteiger charge is -2.33. The molecule has 5 nitrogen and oxygen atoms in total. The van der Waals surface area contributed by atoms with Gasteiger partial charge in [0.1, 0.15) is 5.76 Å². The van der Waals surface area contributed by atoms with Gasteiger partial charge in [-0.15, -0.1) is 0 Å². The summed E-state index contributed by atoms with van der Waals surface area (Å²) in [7, 11) is 0. The van der Waals surface area contributed by atoms with Gasteiger partial charge in [0.05, 0.1) is 17.7 Å². The van der Waals surface area contributed by atoms with Crippen LogP contribution in [0.3, 0.4) is 0 Å². The number of rotatable bonds is 5. The van der Waals surface area contributed by atoms with E-state index in [4.69, 9.17) is 9.40 Å². The minimum atomic E-state index is 0.0243. The van der Waals surface area contributed by atoms with E-state index in [0.717, 1.165) is 68.8 Å². The highest BCUT2D eigenvalue weighted by molar-refractivity contribution is 5.79. The van der Waals surface area contributed by atoms with Crippen molar-refractivity contribution in [1.82, 2.24) is 15.2 Å². The summed E-state index contributed by atoms with van der Waals surface area (Å²) in [6, 6.07) is 16.9. The molecule has 2 atom stereocenters. The molecule has 1 N–H and O–H groups in total. The van der Waals surface area contributed by atoms with Gasteiger partial charge in [0.2, 0.25) is 11.8 Å². The molecule has 0 saturated carbocycles. The number of piperidine rings is 1. The zero-order chi connectivity index (χ0) is 22.8. The second-order valence-corrected chi connectivity index (χ2v) is 9.62. The predicted molar refractivity (Wildman–Crippen MR) is 130 cm³/mol. The van der Waals surface area contributed by atoms with Crippen LogP contribution in [0.1, 0.15) is 59.9 Å². The van der Waals surface area contributed by atoms with Crippen LogP contribution in [-0.4, -0.2) is 28.9 Å². The van der Waals surface area contributed by atoms with Crippen molar-refractivity contribution in [3.05, 3.63) is 76.7 Å². The highest BCUT2D eigenvalue weighted by atomic mass is 16.4. The van der Waals surface area contributed by atoms with Gasteiger partial charge < -0.3 is 9.73 Å². The van der Waals surface area contributed by atoms with E-state index >= 15 is 0 Å². The average molecular weight is 444 g/mol. The predicted octanol–water partition coefficient (Wildman–Crippen LogP) is 5.36. The second-order valence-electron chi connectivity index (χ2n) is 9.62. The summed E-state index contributed by atoms with van der Waals surface area (Å²) in [5.74, 6) is 1.75. The van der Waals surface area contributed by atoms with Gasteiger partial charge in [0.25, 0.3) is 0 Å². The van der Waals surface area contributed by atoms with E-state index in [0.29, 0.717) is 5.89 Å². The van der Waals surface area contributed by atoms with Gasteiger partial charge in [0.15, 0.2) is 0 Å². The van der Waals surface area contributed by atoms with Crippen LogP contribution < -0.4 is 5.32 Å². The van der Waals surface area contributed by atoms with Crippen molar-refractivity contribution in [2.24, 2.45) is 5.92 Å². The lowest BCUT2D eigenvalue weighted by Crippen LogP contribution is -2.44. The number of aryl methyl sites for hydroxylation is 3. The largest absolute Gasteiger partial charge is 0.441 e. The number of carbonyl (C=O) groups excluding carboxylic acids is 1. The van der Waals surface area contributed by atoms with Crippen molar-refractivity contribution >= 4 is 5.91 Å². The van der Waals surface area contributed by atoms with E-state index in [-0.39, 0.29) is 17.9 Å². The maximum Gasteiger partial charge on any atom is 0.226 e. The molecule has 0 radical (unpaired) electrons. The standard InChI is InChI=1S/C28H33N3O2/c1-19-8-5-11-22(16-19)28-30-26(20(2)33-28)18-31-15-7-12-23(17-31)27(32)29-25-14-6-10-21-9-3-4-13-24(21)25/h3-5,8-9,11,13,16,23,25H,6-7,10,12,14-15,17-18H2,1-2H3,(H,29,32)/t23-,25-/m1/s1. The van der Waals surface area contributed by atoms with E-state index in [1.54, 1.807) is 0 Å². The highest BCUT2D eigenvalue weighted by Gasteiger charge is 2.29. The molecule has 2 heterocycles. The number of oxazole rings is 1. The number of carbonyl (C=O) groups is 1. The van der Waals surface area contributed by atoms with Gasteiger partial charge in [-0.05, 0) is 75.8 Å². The monoisotopic (exact) mass is 443 g/mol. The normalized spacial score (nSPS) is 20.9. The zero-order valence-electron chi connectivity index (χ0n) is 19.6. The van der Waals surface area contributed by atoms with Crippen LogP contribution in [0.5, 0.6) is 0 Å². The molecular formula is C28H33N3O2. The van der Waals surface area contributed by atoms with Gasteiger partial charge in [-0.3, -0.25) is 9.69 Å². The quantitative estimate of drug-likeness (QED) is 0.576. The minimum Gasteiger partial charge on any atom is -0.441 e. The smallest absolute Gasteiger partial charge is 0.226 e. The van der Waals surface area contributed by atoms with Crippen molar-refractivity contribution in [2.45, 2.75) is 58.5 Å². The maximum absolute atomic E-state index is 13.2. The summed E-state index contributed by atoms with van der Waals surface area (Å²) in [6.07, 6.45) is 5.25. The molecule has 5 heteroatoms. The van der Waals surface area contributed by atoms with Gasteiger partial charge in [-0.1, -0.05) is 42.0 Å². The number of likely N-dealkylation sites (tertiary alicyclic amines) is 1. The molecule has 3 aromatic rings. The summed E-state index contributed by atoms with van der Waals surface area (Å²) in [4.78, 5) is 20.3. The summed E-state index contributed by atoms with van der Waals surface area (Å²) < 4.78 is 5.99. The lowest BCUT2D eigenvalue weighted by molar-refractivity contribution is -0.127. The Labute approximate surface area is 196 Å². The molecule has 0 unspecified atom stereocenters. The maximum atomic E-state index is 13.2. The first-order chi connectivity index (χ1) is 16.1. The lowest BCUT2D eigenvalue weighted by atomic mass is 9.87. The van der Waals surface area contributed by atoms with Crippen molar-refractivity contribution < 1.29 is 9.21 Å². The molecule has 1 saturated heterocycles. The third-order valence-corrected chi connectivity index (χ3v) is 7.09. The third-order valence-electron chi connectivity index (χ3n) is 7.09. The second kappa shape index (κ2) is 9.52. The number of aromatic nitrogens is 1. The van der Waals surface area contributed by atoms with Crippen molar-refractivity contribution in [1.29, 1.82) is 0 Å². The Balaban J connectivity index is 1.23. The first-order valence-electron chi connectivity index (χ1n) is 12.2. The van der Waals surface area contributed by atoms with E-state index in [2.05, 4.69) is 53.5 Å². The molecule has 33 heavy (non-hydrogen) atoms. The molecule has 2 aromatic carbocycles. The number of amides is 1. The van der Waals surface area contributed by atoms with Crippen LogP contribution in [0.15, 0.2) is 52.9 Å². The Morgan fingerprint density at radius 3 is 2.88 bits per heavy atom. The number of benzene rings is 2. The SMILES string of the molecule is Cc1cccc(-c2nc(CN3CCC[C@@H](C(=O)N[C@@H]4CCCc5ccccc54)C3)c(C)o2)c1. The van der Waals surface area contributed by atoms with Crippen LogP contribution in [-0.2, 0) is 17.8 Å². The Morgan fingerprint density at radius 1 is 1.12 bits per heavy atom. The fourth-order valence-electron chi connectivity index (χ4n) is 5.29. The van der Waals surface area contributed by atoms with Crippen LogP contribution in [0, 0.1) is 19.8 Å². The fourth-order valence-corrected chi connectivity index (χ4v) is 5.29. The molecular weight excluding hydrogens is 410 g/mol. The Kier molecular flexibility index (Phi) is 6.32. The Hall–Kier alpha value is -2.92. The Morgan fingerprint density at radius 2 is 2.00 bits per heavy atom. The molecule has 0 bridgehead atoms.